The minimum Gasteiger partial charge on any atom is -0.365 e. The molecule has 0 bridgehead atoms. The Morgan fingerprint density at radius 2 is 2.00 bits per heavy atom. The number of hydrogen-bond donors (Lipinski definition) is 3. The lowest BCUT2D eigenvalue weighted by atomic mass is 9.92. The Kier molecular flexibility index (Phi) is 4.46. The quantitative estimate of drug-likeness (QED) is 0.660. The molecule has 3 aromatic heterocycles. The van der Waals surface area contributed by atoms with Gasteiger partial charge in [0.25, 0.3) is 0 Å². The average Bonchev–Trinajstić information content (AvgIpc) is 3.02. The van der Waals surface area contributed by atoms with Crippen LogP contribution in [0.1, 0.15) is 30.7 Å². The van der Waals surface area contributed by atoms with E-state index in [1.807, 2.05) is 19.1 Å². The summed E-state index contributed by atoms with van der Waals surface area (Å²) in [7, 11) is 0. The van der Waals surface area contributed by atoms with Crippen LogP contribution in [0.3, 0.4) is 0 Å². The second-order valence-corrected chi connectivity index (χ2v) is 7.63. The van der Waals surface area contributed by atoms with Crippen LogP contribution in [0.4, 0.5) is 16.8 Å². The molecule has 4 N–H and O–H groups in total. The third kappa shape index (κ3) is 3.69. The van der Waals surface area contributed by atoms with Gasteiger partial charge in [-0.1, -0.05) is 0 Å². The van der Waals surface area contributed by atoms with Crippen molar-refractivity contribution in [1.29, 1.82) is 0 Å². The molecule has 0 unspecified atom stereocenters. The molecule has 3 heterocycles. The fourth-order valence-corrected chi connectivity index (χ4v) is 3.78. The number of nitrogens with one attached hydrogen (secondary N) is 2. The zero-order valence-corrected chi connectivity index (χ0v) is 14.9. The maximum atomic E-state index is 6.01. The Labute approximate surface area is 150 Å². The van der Waals surface area contributed by atoms with Crippen molar-refractivity contribution in [2.45, 2.75) is 44.7 Å². The van der Waals surface area contributed by atoms with E-state index in [1.54, 1.807) is 23.7 Å². The van der Waals surface area contributed by atoms with E-state index >= 15 is 0 Å². The number of nitrogens with zero attached hydrogens (tertiary/aromatic N) is 4. The Balaban J connectivity index is 1.64. The van der Waals surface area contributed by atoms with Crippen LogP contribution in [0.5, 0.6) is 0 Å². The number of pyridine rings is 1. The van der Waals surface area contributed by atoms with E-state index in [0.717, 1.165) is 52.5 Å². The van der Waals surface area contributed by atoms with Gasteiger partial charge in [0.2, 0.25) is 5.95 Å². The van der Waals surface area contributed by atoms with Gasteiger partial charge < -0.3 is 16.4 Å². The van der Waals surface area contributed by atoms with Crippen molar-refractivity contribution in [2.75, 3.05) is 10.6 Å². The van der Waals surface area contributed by atoms with Crippen LogP contribution < -0.4 is 16.4 Å². The number of aromatic nitrogens is 4. The lowest BCUT2D eigenvalue weighted by Crippen LogP contribution is -2.33. The number of fused-ring (bicyclic) bond motifs is 1. The molecular weight excluding hydrogens is 334 g/mol. The van der Waals surface area contributed by atoms with Crippen LogP contribution in [0.25, 0.3) is 11.0 Å². The Morgan fingerprint density at radius 1 is 1.16 bits per heavy atom. The van der Waals surface area contributed by atoms with Crippen LogP contribution in [0, 0.1) is 6.92 Å². The van der Waals surface area contributed by atoms with Crippen LogP contribution in [-0.4, -0.2) is 32.0 Å². The molecule has 1 aliphatic carbocycles. The highest BCUT2D eigenvalue weighted by Gasteiger charge is 2.20. The summed E-state index contributed by atoms with van der Waals surface area (Å²) in [6.45, 7) is 1.97. The van der Waals surface area contributed by atoms with E-state index in [2.05, 4.69) is 30.6 Å². The zero-order chi connectivity index (χ0) is 17.2. The van der Waals surface area contributed by atoms with E-state index < -0.39 is 0 Å². The first-order valence-corrected chi connectivity index (χ1v) is 9.33. The molecule has 0 atom stereocenters. The summed E-state index contributed by atoms with van der Waals surface area (Å²) in [6, 6.07) is 4.54. The molecule has 0 aromatic carbocycles. The number of aryl methyl sites for hydroxylation is 1. The highest BCUT2D eigenvalue weighted by molar-refractivity contribution is 7.15. The van der Waals surface area contributed by atoms with Gasteiger partial charge in [0, 0.05) is 18.3 Å². The fourth-order valence-electron chi connectivity index (χ4n) is 3.11. The number of nitrogens with two attached hydrogens (primary N) is 1. The molecular formula is C17H21N7S. The van der Waals surface area contributed by atoms with Gasteiger partial charge in [-0.3, -0.25) is 4.98 Å². The number of rotatable bonds is 4. The van der Waals surface area contributed by atoms with Crippen LogP contribution >= 0.6 is 11.3 Å². The van der Waals surface area contributed by atoms with Gasteiger partial charge >= 0.3 is 0 Å². The van der Waals surface area contributed by atoms with Crippen molar-refractivity contribution in [3.8, 4) is 0 Å². The van der Waals surface area contributed by atoms with Crippen LogP contribution in [-0.2, 0) is 0 Å². The van der Waals surface area contributed by atoms with E-state index in [0.29, 0.717) is 18.0 Å². The first-order chi connectivity index (χ1) is 12.2. The predicted molar refractivity (Wildman–Crippen MR) is 101 cm³/mol. The Hall–Kier alpha value is -2.32. The highest BCUT2D eigenvalue weighted by atomic mass is 32.1. The molecule has 1 saturated carbocycles. The largest absolute Gasteiger partial charge is 0.365 e. The molecule has 25 heavy (non-hydrogen) atoms. The van der Waals surface area contributed by atoms with Gasteiger partial charge in [-0.15, -0.1) is 11.3 Å². The summed E-state index contributed by atoms with van der Waals surface area (Å²) >= 11 is 1.58. The maximum absolute atomic E-state index is 6.01. The standard InChI is InChI=1S/C17H21N7S/c1-10-20-9-14(25-10)23-17-22-13-3-2-8-19-15(13)16(24-17)21-12-6-4-11(18)5-7-12/h2-3,8-9,11-12H,4-7,18H2,1H3,(H2,21,22,23,24). The minimum absolute atomic E-state index is 0.324. The molecule has 0 aliphatic heterocycles. The number of thiazole rings is 1. The summed E-state index contributed by atoms with van der Waals surface area (Å²) in [5.41, 5.74) is 7.62. The third-order valence-corrected chi connectivity index (χ3v) is 5.25. The third-order valence-electron chi connectivity index (χ3n) is 4.42. The van der Waals surface area contributed by atoms with Gasteiger partial charge in [0.1, 0.15) is 10.5 Å². The Morgan fingerprint density at radius 3 is 2.76 bits per heavy atom. The van der Waals surface area contributed by atoms with E-state index in [-0.39, 0.29) is 0 Å². The van der Waals surface area contributed by atoms with Crippen LogP contribution in [0.15, 0.2) is 24.5 Å². The van der Waals surface area contributed by atoms with Crippen LogP contribution in [0.2, 0.25) is 0 Å². The SMILES string of the molecule is Cc1ncc(Nc2nc(NC3CCC(N)CC3)c3ncccc3n2)s1. The molecule has 1 fully saturated rings. The van der Waals surface area contributed by atoms with Gasteiger partial charge in [-0.2, -0.15) is 4.98 Å². The summed E-state index contributed by atoms with van der Waals surface area (Å²) in [6.07, 6.45) is 7.76. The van der Waals surface area contributed by atoms with Crippen molar-refractivity contribution >= 4 is 39.1 Å². The molecule has 3 aromatic rings. The van der Waals surface area contributed by atoms with Crippen molar-refractivity contribution in [1.82, 2.24) is 19.9 Å². The van der Waals surface area contributed by atoms with E-state index in [4.69, 9.17) is 5.73 Å². The second-order valence-electron chi connectivity index (χ2n) is 6.39. The van der Waals surface area contributed by atoms with Crippen molar-refractivity contribution in [3.63, 3.8) is 0 Å². The summed E-state index contributed by atoms with van der Waals surface area (Å²) < 4.78 is 0. The fraction of sp³-hybridized carbons (Fsp3) is 0.412. The van der Waals surface area contributed by atoms with Crippen molar-refractivity contribution < 1.29 is 0 Å². The van der Waals surface area contributed by atoms with E-state index in [9.17, 15) is 0 Å². The van der Waals surface area contributed by atoms with Gasteiger partial charge in [0.05, 0.1) is 16.7 Å². The first kappa shape index (κ1) is 16.2. The van der Waals surface area contributed by atoms with E-state index in [1.165, 1.54) is 0 Å². The maximum Gasteiger partial charge on any atom is 0.230 e. The molecule has 1 aliphatic rings. The normalized spacial score (nSPS) is 20.6. The Bertz CT molecular complexity index is 870. The monoisotopic (exact) mass is 355 g/mol. The molecule has 0 saturated heterocycles. The smallest absolute Gasteiger partial charge is 0.230 e. The number of anilines is 3. The molecule has 7 nitrogen and oxygen atoms in total. The molecule has 0 radical (unpaired) electrons. The summed E-state index contributed by atoms with van der Waals surface area (Å²) in [5.74, 6) is 1.33. The lowest BCUT2D eigenvalue weighted by Gasteiger charge is -2.27. The molecule has 0 amide bonds. The molecule has 130 valence electrons. The topological polar surface area (TPSA) is 102 Å². The molecule has 0 spiro atoms. The highest BCUT2D eigenvalue weighted by Crippen LogP contribution is 2.27. The van der Waals surface area contributed by atoms with Gasteiger partial charge in [-0.05, 0) is 44.7 Å². The minimum atomic E-state index is 0.324. The lowest BCUT2D eigenvalue weighted by molar-refractivity contribution is 0.410. The molecule has 8 heteroatoms. The van der Waals surface area contributed by atoms with Gasteiger partial charge in [0.15, 0.2) is 5.82 Å². The van der Waals surface area contributed by atoms with Gasteiger partial charge in [-0.25, -0.2) is 9.97 Å². The summed E-state index contributed by atoms with van der Waals surface area (Å²) in [5, 5.41) is 8.73. The second kappa shape index (κ2) is 6.89. The first-order valence-electron chi connectivity index (χ1n) is 8.52. The van der Waals surface area contributed by atoms with Crippen molar-refractivity contribution in [2.24, 2.45) is 5.73 Å². The molecule has 4 rings (SSSR count). The predicted octanol–water partition coefficient (Wildman–Crippen LogP) is 3.22. The number of hydrogen-bond acceptors (Lipinski definition) is 8. The summed E-state index contributed by atoms with van der Waals surface area (Å²) in [4.78, 5) is 18.0. The zero-order valence-electron chi connectivity index (χ0n) is 14.1. The van der Waals surface area contributed by atoms with Crippen molar-refractivity contribution in [3.05, 3.63) is 29.5 Å². The average molecular weight is 355 g/mol.